The minimum Gasteiger partial charge on any atom is -0.350 e. The van der Waals surface area contributed by atoms with Crippen LogP contribution in [0, 0.1) is 0 Å². The highest BCUT2D eigenvalue weighted by atomic mass is 16.2. The van der Waals surface area contributed by atoms with Gasteiger partial charge in [0, 0.05) is 30.9 Å². The predicted octanol–water partition coefficient (Wildman–Crippen LogP) is 2.52. The summed E-state index contributed by atoms with van der Waals surface area (Å²) in [5.41, 5.74) is 2.80. The zero-order valence-electron chi connectivity index (χ0n) is 16.8. The van der Waals surface area contributed by atoms with Crippen LogP contribution in [0.25, 0.3) is 16.9 Å². The summed E-state index contributed by atoms with van der Waals surface area (Å²) in [5, 5.41) is 9.56. The van der Waals surface area contributed by atoms with Gasteiger partial charge < -0.3 is 10.6 Å². The van der Waals surface area contributed by atoms with Gasteiger partial charge in [-0.3, -0.25) is 18.7 Å². The summed E-state index contributed by atoms with van der Waals surface area (Å²) < 4.78 is 3.15. The topological polar surface area (TPSA) is 106 Å². The van der Waals surface area contributed by atoms with Crippen LogP contribution in [0.5, 0.6) is 0 Å². The molecule has 30 heavy (non-hydrogen) atoms. The molecular weight excluding hydrogens is 382 g/mol. The molecular formula is C21H21N7O2. The van der Waals surface area contributed by atoms with Crippen LogP contribution in [0.2, 0.25) is 0 Å². The minimum atomic E-state index is -0.476. The summed E-state index contributed by atoms with van der Waals surface area (Å²) >= 11 is 0. The molecule has 9 nitrogen and oxygen atoms in total. The van der Waals surface area contributed by atoms with Crippen LogP contribution in [0.4, 0.5) is 5.82 Å². The highest BCUT2D eigenvalue weighted by Crippen LogP contribution is 2.20. The molecule has 0 fully saturated rings. The van der Waals surface area contributed by atoms with E-state index in [0.717, 1.165) is 11.3 Å². The molecule has 0 atom stereocenters. The third-order valence-electron chi connectivity index (χ3n) is 4.48. The number of imidazole rings is 1. The molecule has 3 heterocycles. The molecule has 0 aliphatic heterocycles. The van der Waals surface area contributed by atoms with Gasteiger partial charge in [-0.25, -0.2) is 9.97 Å². The summed E-state index contributed by atoms with van der Waals surface area (Å²) in [7, 11) is 1.61. The lowest BCUT2D eigenvalue weighted by atomic mass is 10.2. The third-order valence-corrected chi connectivity index (χ3v) is 4.48. The van der Waals surface area contributed by atoms with Crippen molar-refractivity contribution in [3.63, 3.8) is 0 Å². The van der Waals surface area contributed by atoms with Gasteiger partial charge >= 0.3 is 0 Å². The number of hydrogen-bond donors (Lipinski definition) is 2. The Kier molecular flexibility index (Phi) is 5.01. The summed E-state index contributed by atoms with van der Waals surface area (Å²) in [6.45, 7) is 3.70. The lowest BCUT2D eigenvalue weighted by Gasteiger charge is -2.10. The fraction of sp³-hybridized carbons (Fsp3) is 0.190. The Morgan fingerprint density at radius 3 is 2.60 bits per heavy atom. The number of benzene rings is 1. The number of anilines is 1. The Labute approximate surface area is 172 Å². The first-order valence-corrected chi connectivity index (χ1v) is 9.47. The quantitative estimate of drug-likeness (QED) is 0.533. The number of amides is 2. The molecule has 0 saturated heterocycles. The molecule has 9 heteroatoms. The summed E-state index contributed by atoms with van der Waals surface area (Å²) in [6, 6.07) is 11.4. The monoisotopic (exact) mass is 403 g/mol. The molecule has 2 N–H and O–H groups in total. The standard InChI is InChI=1S/C21H21N7O2/c1-13(2)24-20(29)15-10-23-27(3)19(15)21(30)26-17-9-18-25-16(11-28(18)12-22-17)14-7-5-4-6-8-14/h4-13H,1-3H3,(H,24,29)(H,26,30). The first kappa shape index (κ1) is 19.3. The van der Waals surface area contributed by atoms with E-state index in [4.69, 9.17) is 0 Å². The second kappa shape index (κ2) is 7.78. The summed E-state index contributed by atoms with van der Waals surface area (Å²) in [5.74, 6) is -0.503. The van der Waals surface area contributed by atoms with Crippen LogP contribution in [0.1, 0.15) is 34.7 Å². The third kappa shape index (κ3) is 3.77. The SMILES string of the molecule is CC(C)NC(=O)c1cnn(C)c1C(=O)Nc1cc2nc(-c3ccccc3)cn2cn1. The highest BCUT2D eigenvalue weighted by molar-refractivity contribution is 6.10. The molecule has 0 aliphatic carbocycles. The van der Waals surface area contributed by atoms with Gasteiger partial charge in [-0.2, -0.15) is 5.10 Å². The van der Waals surface area contributed by atoms with Gasteiger partial charge in [-0.1, -0.05) is 30.3 Å². The largest absolute Gasteiger partial charge is 0.350 e. The first-order valence-electron chi connectivity index (χ1n) is 9.47. The molecule has 2 amide bonds. The Bertz CT molecular complexity index is 1220. The maximum absolute atomic E-state index is 12.9. The number of carbonyl (C=O) groups excluding carboxylic acids is 2. The fourth-order valence-corrected chi connectivity index (χ4v) is 3.10. The first-order chi connectivity index (χ1) is 14.4. The average Bonchev–Trinajstić information content (AvgIpc) is 3.31. The van der Waals surface area contributed by atoms with Crippen molar-refractivity contribution in [1.82, 2.24) is 29.5 Å². The molecule has 0 aliphatic rings. The van der Waals surface area contributed by atoms with E-state index in [1.54, 1.807) is 23.8 Å². The van der Waals surface area contributed by atoms with E-state index in [0.29, 0.717) is 11.5 Å². The Morgan fingerprint density at radius 2 is 1.87 bits per heavy atom. The van der Waals surface area contributed by atoms with Gasteiger partial charge in [0.05, 0.1) is 17.5 Å². The van der Waals surface area contributed by atoms with Crippen molar-refractivity contribution in [1.29, 1.82) is 0 Å². The zero-order valence-corrected chi connectivity index (χ0v) is 16.8. The van der Waals surface area contributed by atoms with Gasteiger partial charge in [0.25, 0.3) is 11.8 Å². The molecule has 0 radical (unpaired) electrons. The molecule has 0 unspecified atom stereocenters. The predicted molar refractivity (Wildman–Crippen MR) is 112 cm³/mol. The molecule has 0 bridgehead atoms. The van der Waals surface area contributed by atoms with Crippen LogP contribution >= 0.6 is 0 Å². The Hall–Kier alpha value is -4.01. The maximum atomic E-state index is 12.9. The highest BCUT2D eigenvalue weighted by Gasteiger charge is 2.23. The van der Waals surface area contributed by atoms with Crippen molar-refractivity contribution in [3.05, 3.63) is 66.4 Å². The number of aromatic nitrogens is 5. The van der Waals surface area contributed by atoms with Crippen LogP contribution in [0.15, 0.2) is 55.1 Å². The number of aryl methyl sites for hydroxylation is 1. The van der Waals surface area contributed by atoms with Crippen LogP contribution < -0.4 is 10.6 Å². The Balaban J connectivity index is 1.60. The molecule has 0 spiro atoms. The number of rotatable bonds is 5. The lowest BCUT2D eigenvalue weighted by molar-refractivity contribution is 0.0929. The van der Waals surface area contributed by atoms with E-state index < -0.39 is 5.91 Å². The van der Waals surface area contributed by atoms with E-state index in [2.05, 4.69) is 25.7 Å². The van der Waals surface area contributed by atoms with Crippen molar-refractivity contribution in [3.8, 4) is 11.3 Å². The van der Waals surface area contributed by atoms with Gasteiger partial charge in [-0.05, 0) is 13.8 Å². The van der Waals surface area contributed by atoms with Crippen molar-refractivity contribution in [2.24, 2.45) is 7.05 Å². The van der Waals surface area contributed by atoms with Crippen molar-refractivity contribution in [2.45, 2.75) is 19.9 Å². The molecule has 152 valence electrons. The van der Waals surface area contributed by atoms with Gasteiger partial charge in [0.1, 0.15) is 23.5 Å². The molecule has 3 aromatic heterocycles. The minimum absolute atomic E-state index is 0.0584. The van der Waals surface area contributed by atoms with E-state index in [1.165, 1.54) is 10.9 Å². The lowest BCUT2D eigenvalue weighted by Crippen LogP contribution is -2.32. The Morgan fingerprint density at radius 1 is 1.10 bits per heavy atom. The van der Waals surface area contributed by atoms with E-state index in [1.807, 2.05) is 50.4 Å². The number of fused-ring (bicyclic) bond motifs is 1. The second-order valence-corrected chi connectivity index (χ2v) is 7.14. The normalized spacial score (nSPS) is 11.1. The van der Waals surface area contributed by atoms with Crippen molar-refractivity contribution in [2.75, 3.05) is 5.32 Å². The van der Waals surface area contributed by atoms with Crippen molar-refractivity contribution >= 4 is 23.3 Å². The molecule has 1 aromatic carbocycles. The molecule has 0 saturated carbocycles. The van der Waals surface area contributed by atoms with Gasteiger partial charge in [0.2, 0.25) is 0 Å². The smallest absolute Gasteiger partial charge is 0.275 e. The van der Waals surface area contributed by atoms with Gasteiger partial charge in [-0.15, -0.1) is 0 Å². The van der Waals surface area contributed by atoms with Crippen LogP contribution in [-0.2, 0) is 7.05 Å². The second-order valence-electron chi connectivity index (χ2n) is 7.14. The van der Waals surface area contributed by atoms with Crippen LogP contribution in [-0.4, -0.2) is 42.0 Å². The molecule has 4 rings (SSSR count). The maximum Gasteiger partial charge on any atom is 0.275 e. The van der Waals surface area contributed by atoms with Gasteiger partial charge in [0.15, 0.2) is 0 Å². The van der Waals surface area contributed by atoms with E-state index in [9.17, 15) is 9.59 Å². The number of carbonyl (C=O) groups is 2. The van der Waals surface area contributed by atoms with E-state index >= 15 is 0 Å². The van der Waals surface area contributed by atoms with E-state index in [-0.39, 0.29) is 23.2 Å². The number of hydrogen-bond acceptors (Lipinski definition) is 5. The average molecular weight is 403 g/mol. The fourth-order valence-electron chi connectivity index (χ4n) is 3.10. The van der Waals surface area contributed by atoms with Crippen molar-refractivity contribution < 1.29 is 9.59 Å². The van der Waals surface area contributed by atoms with Crippen LogP contribution in [0.3, 0.4) is 0 Å². The summed E-state index contributed by atoms with van der Waals surface area (Å²) in [6.07, 6.45) is 4.84. The zero-order chi connectivity index (χ0) is 21.3. The molecule has 4 aromatic rings. The number of nitrogens with zero attached hydrogens (tertiary/aromatic N) is 5. The number of nitrogens with one attached hydrogen (secondary N) is 2. The summed E-state index contributed by atoms with van der Waals surface area (Å²) in [4.78, 5) is 34.1.